The molecule has 1 aromatic rings. The fourth-order valence-electron chi connectivity index (χ4n) is 4.30. The van der Waals surface area contributed by atoms with Gasteiger partial charge in [0.05, 0.1) is 0 Å². The summed E-state index contributed by atoms with van der Waals surface area (Å²) in [5.41, 5.74) is 8.22. The van der Waals surface area contributed by atoms with Gasteiger partial charge < -0.3 is 4.90 Å². The molecule has 0 spiro atoms. The quantitative estimate of drug-likeness (QED) is 0.566. The van der Waals surface area contributed by atoms with Gasteiger partial charge in [-0.3, -0.25) is 0 Å². The highest BCUT2D eigenvalue weighted by Gasteiger charge is 2.23. The van der Waals surface area contributed by atoms with E-state index in [1.165, 1.54) is 40.0 Å². The van der Waals surface area contributed by atoms with Crippen LogP contribution in [0.5, 0.6) is 0 Å². The van der Waals surface area contributed by atoms with Crippen LogP contribution in [-0.2, 0) is 0 Å². The van der Waals surface area contributed by atoms with Gasteiger partial charge in [-0.25, -0.2) is 0 Å². The van der Waals surface area contributed by atoms with E-state index in [0.29, 0.717) is 11.8 Å². The molecule has 0 radical (unpaired) electrons. The molecule has 1 unspecified atom stereocenters. The summed E-state index contributed by atoms with van der Waals surface area (Å²) in [6.07, 6.45) is 21.9. The van der Waals surface area contributed by atoms with Crippen molar-refractivity contribution in [3.05, 3.63) is 101 Å². The van der Waals surface area contributed by atoms with Gasteiger partial charge in [0.1, 0.15) is 0 Å². The number of allylic oxidation sites excluding steroid dienone is 9. The van der Waals surface area contributed by atoms with Crippen LogP contribution in [0.15, 0.2) is 90.0 Å². The van der Waals surface area contributed by atoms with E-state index in [0.717, 1.165) is 12.8 Å². The molecule has 0 amide bonds. The third-order valence-corrected chi connectivity index (χ3v) is 5.90. The van der Waals surface area contributed by atoms with Gasteiger partial charge in [-0.2, -0.15) is 0 Å². The van der Waals surface area contributed by atoms with Crippen LogP contribution in [0, 0.1) is 18.8 Å². The molecule has 0 saturated heterocycles. The molecule has 138 valence electrons. The summed E-state index contributed by atoms with van der Waals surface area (Å²) < 4.78 is 0. The van der Waals surface area contributed by atoms with Crippen LogP contribution in [0.25, 0.3) is 5.57 Å². The van der Waals surface area contributed by atoms with Crippen molar-refractivity contribution in [2.45, 2.75) is 40.0 Å². The highest BCUT2D eigenvalue weighted by atomic mass is 15.1. The summed E-state index contributed by atoms with van der Waals surface area (Å²) in [6.45, 7) is 6.74. The van der Waals surface area contributed by atoms with Crippen molar-refractivity contribution in [2.75, 3.05) is 0 Å². The Morgan fingerprint density at radius 3 is 2.74 bits per heavy atom. The second kappa shape index (κ2) is 7.60. The predicted octanol–water partition coefficient (Wildman–Crippen LogP) is 6.93. The third kappa shape index (κ3) is 3.51. The molecule has 3 aliphatic rings. The largest absolute Gasteiger partial charge is 0.324 e. The van der Waals surface area contributed by atoms with Crippen LogP contribution in [-0.4, -0.2) is 4.90 Å². The molecule has 2 heterocycles. The first-order valence-electron chi connectivity index (χ1n) is 10.3. The number of hydrogen-bond acceptors (Lipinski definition) is 1. The number of hydrogen-bond donors (Lipinski definition) is 0. The Bertz CT molecular complexity index is 904. The molecule has 2 atom stereocenters. The molecule has 4 rings (SSSR count). The first-order valence-corrected chi connectivity index (χ1v) is 10.3. The lowest BCUT2D eigenvalue weighted by molar-refractivity contribution is 0.589. The van der Waals surface area contributed by atoms with Crippen LogP contribution in [0.1, 0.15) is 44.2 Å². The fourth-order valence-corrected chi connectivity index (χ4v) is 4.30. The molecule has 2 aliphatic heterocycles. The minimum Gasteiger partial charge on any atom is -0.324 e. The molecule has 0 N–H and O–H groups in total. The minimum atomic E-state index is 0.538. The van der Waals surface area contributed by atoms with Gasteiger partial charge in [0.2, 0.25) is 0 Å². The number of benzene rings is 1. The first-order chi connectivity index (χ1) is 13.2. The van der Waals surface area contributed by atoms with Crippen molar-refractivity contribution >= 4 is 5.57 Å². The lowest BCUT2D eigenvalue weighted by Gasteiger charge is -2.30. The van der Waals surface area contributed by atoms with E-state index < -0.39 is 0 Å². The van der Waals surface area contributed by atoms with Gasteiger partial charge >= 0.3 is 0 Å². The fraction of sp³-hybridized carbons (Fsp3) is 0.308. The van der Waals surface area contributed by atoms with Gasteiger partial charge in [-0.05, 0) is 72.5 Å². The highest BCUT2D eigenvalue weighted by Crippen LogP contribution is 2.40. The SMILES string of the molecule is CCC1CC=CC(C2=CC3=C[C@@H](CC)C=CN3C=C2)=C1c1cccc(C)c1. The molecule has 0 aromatic heterocycles. The molecular formula is C26H29N. The molecule has 0 bridgehead atoms. The average Bonchev–Trinajstić information content (AvgIpc) is 2.72. The Morgan fingerprint density at radius 2 is 1.96 bits per heavy atom. The Kier molecular flexibility index (Phi) is 5.03. The van der Waals surface area contributed by atoms with Gasteiger partial charge in [0.15, 0.2) is 0 Å². The van der Waals surface area contributed by atoms with E-state index in [1.807, 2.05) is 0 Å². The van der Waals surface area contributed by atoms with Crippen LogP contribution in [0.3, 0.4) is 0 Å². The lowest BCUT2D eigenvalue weighted by Crippen LogP contribution is -2.17. The Hall–Kier alpha value is -2.54. The van der Waals surface area contributed by atoms with Gasteiger partial charge in [0, 0.05) is 18.1 Å². The highest BCUT2D eigenvalue weighted by molar-refractivity contribution is 5.80. The van der Waals surface area contributed by atoms with E-state index in [1.54, 1.807) is 0 Å². The van der Waals surface area contributed by atoms with Crippen molar-refractivity contribution < 1.29 is 0 Å². The standard InChI is InChI=1S/C26H29N/c1-4-20-12-14-27-15-13-22(18-24(27)17-20)25-11-7-9-21(5-2)26(25)23-10-6-8-19(3)16-23/h6-8,10-18,20-21H,4-5,9H2,1-3H3/t20-,21?/m0/s1. The number of fused-ring (bicyclic) bond motifs is 1. The molecule has 1 aromatic carbocycles. The second-order valence-corrected chi connectivity index (χ2v) is 7.77. The maximum Gasteiger partial charge on any atom is 0.0421 e. The van der Waals surface area contributed by atoms with Crippen molar-refractivity contribution in [2.24, 2.45) is 11.8 Å². The molecule has 0 fully saturated rings. The van der Waals surface area contributed by atoms with E-state index >= 15 is 0 Å². The maximum absolute atomic E-state index is 2.39. The van der Waals surface area contributed by atoms with Crippen molar-refractivity contribution in [1.82, 2.24) is 4.90 Å². The summed E-state index contributed by atoms with van der Waals surface area (Å²) in [5.74, 6) is 1.12. The Balaban J connectivity index is 1.82. The average molecular weight is 356 g/mol. The molecule has 27 heavy (non-hydrogen) atoms. The summed E-state index contributed by atoms with van der Waals surface area (Å²) in [4.78, 5) is 2.23. The van der Waals surface area contributed by atoms with Crippen LogP contribution in [0.2, 0.25) is 0 Å². The zero-order chi connectivity index (χ0) is 18.8. The number of aryl methyl sites for hydroxylation is 1. The smallest absolute Gasteiger partial charge is 0.0421 e. The first kappa shape index (κ1) is 17.9. The van der Waals surface area contributed by atoms with Crippen molar-refractivity contribution in [1.29, 1.82) is 0 Å². The predicted molar refractivity (Wildman–Crippen MR) is 116 cm³/mol. The molecule has 0 saturated carbocycles. The summed E-state index contributed by atoms with van der Waals surface area (Å²) in [7, 11) is 0. The summed E-state index contributed by atoms with van der Waals surface area (Å²) >= 11 is 0. The monoisotopic (exact) mass is 355 g/mol. The van der Waals surface area contributed by atoms with Crippen LogP contribution >= 0.6 is 0 Å². The van der Waals surface area contributed by atoms with Gasteiger partial charge in [0.25, 0.3) is 0 Å². The summed E-state index contributed by atoms with van der Waals surface area (Å²) in [6, 6.07) is 8.99. The minimum absolute atomic E-state index is 0.538. The molecule has 1 aliphatic carbocycles. The molecular weight excluding hydrogens is 326 g/mol. The molecule has 1 heteroatoms. The van der Waals surface area contributed by atoms with Crippen LogP contribution in [0.4, 0.5) is 0 Å². The zero-order valence-corrected chi connectivity index (χ0v) is 16.7. The maximum atomic E-state index is 2.39. The van der Waals surface area contributed by atoms with E-state index in [9.17, 15) is 0 Å². The van der Waals surface area contributed by atoms with Crippen molar-refractivity contribution in [3.63, 3.8) is 0 Å². The van der Waals surface area contributed by atoms with Crippen LogP contribution < -0.4 is 0 Å². The number of rotatable bonds is 4. The van der Waals surface area contributed by atoms with Crippen molar-refractivity contribution in [3.8, 4) is 0 Å². The Morgan fingerprint density at radius 1 is 1.07 bits per heavy atom. The molecule has 1 nitrogen and oxygen atoms in total. The topological polar surface area (TPSA) is 3.24 Å². The second-order valence-electron chi connectivity index (χ2n) is 7.77. The van der Waals surface area contributed by atoms with E-state index in [-0.39, 0.29) is 0 Å². The van der Waals surface area contributed by atoms with Gasteiger partial charge in [-0.15, -0.1) is 0 Å². The third-order valence-electron chi connectivity index (χ3n) is 5.90. The lowest BCUT2D eigenvalue weighted by atomic mass is 9.78. The van der Waals surface area contributed by atoms with Gasteiger partial charge in [-0.1, -0.05) is 68.0 Å². The van der Waals surface area contributed by atoms with E-state index in [4.69, 9.17) is 0 Å². The zero-order valence-electron chi connectivity index (χ0n) is 16.7. The Labute approximate surface area is 163 Å². The number of nitrogens with zero attached hydrogens (tertiary/aromatic N) is 1. The summed E-state index contributed by atoms with van der Waals surface area (Å²) in [5, 5.41) is 0. The normalized spacial score (nSPS) is 24.0. The van der Waals surface area contributed by atoms with E-state index in [2.05, 4.69) is 98.8 Å².